The summed E-state index contributed by atoms with van der Waals surface area (Å²) >= 11 is 0. The number of fused-ring (bicyclic) bond motifs is 1. The van der Waals surface area contributed by atoms with Crippen molar-refractivity contribution < 1.29 is 28.6 Å². The highest BCUT2D eigenvalue weighted by molar-refractivity contribution is 6.06. The number of para-hydroxylation sites is 1. The molecule has 4 fully saturated rings. The second kappa shape index (κ2) is 17.8. The van der Waals surface area contributed by atoms with Gasteiger partial charge in [-0.1, -0.05) is 25.1 Å². The number of carbonyl (C=O) groups is 3. The summed E-state index contributed by atoms with van der Waals surface area (Å²) in [6.45, 7) is 8.34. The normalized spacial score (nSPS) is 21.1. The van der Waals surface area contributed by atoms with E-state index >= 15 is 4.39 Å². The van der Waals surface area contributed by atoms with Gasteiger partial charge in [-0.2, -0.15) is 0 Å². The second-order valence-electron chi connectivity index (χ2n) is 18.0. The van der Waals surface area contributed by atoms with Crippen LogP contribution in [-0.2, 0) is 16.0 Å². The SMILES string of the molecule is CCc1cn(C2CCN(CC3(F)CCN(C(=O)c4ccc([C@H]5C[C@@H](OC)CN(c6cc(-c7ccccc7O)nnc6N)C5)c(C)c4)CC3)CC2)c2ncc(N3CCC(=O)NC3=O)cc12. The number of ether oxygens (including phenoxy) is 1. The fraction of sp³-hybridized carbons (Fsp3) is 0.458. The third-order valence-corrected chi connectivity index (χ3v) is 13.9. The number of aromatic hydroxyl groups is 1. The first-order chi connectivity index (χ1) is 30.9. The molecule has 2 aromatic carbocycles. The van der Waals surface area contributed by atoms with Crippen LogP contribution in [0.1, 0.15) is 84.5 Å². The van der Waals surface area contributed by atoms with Crippen LogP contribution < -0.4 is 20.9 Å². The number of piperidine rings is 3. The minimum atomic E-state index is -1.37. The molecule has 15 nitrogen and oxygen atoms in total. The minimum absolute atomic E-state index is 0.0743. The number of methoxy groups -OCH3 is 1. The average molecular weight is 873 g/mol. The third kappa shape index (κ3) is 8.60. The average Bonchev–Trinajstić information content (AvgIpc) is 3.67. The third-order valence-electron chi connectivity index (χ3n) is 13.9. The highest BCUT2D eigenvalue weighted by Crippen LogP contribution is 2.38. The number of aryl methyl sites for hydroxylation is 2. The number of hydrogen-bond acceptors (Lipinski definition) is 11. The molecule has 5 aromatic rings. The quantitative estimate of drug-likeness (QED) is 0.142. The van der Waals surface area contributed by atoms with E-state index in [1.54, 1.807) is 41.3 Å². The number of alkyl halides is 1. The Bertz CT molecular complexity index is 2570. The number of nitrogens with two attached hydrogens (primary N) is 1. The Balaban J connectivity index is 0.801. The van der Waals surface area contributed by atoms with Crippen LogP contribution in [0.3, 0.4) is 0 Å². The molecule has 0 bridgehead atoms. The van der Waals surface area contributed by atoms with Crippen LogP contribution in [0.4, 0.5) is 26.4 Å². The summed E-state index contributed by atoms with van der Waals surface area (Å²) < 4.78 is 24.7. The minimum Gasteiger partial charge on any atom is -0.507 e. The number of carbonyl (C=O) groups excluding carboxylic acids is 3. The molecule has 4 aliphatic heterocycles. The standard InChI is InChI=1S/C48H57FN10O5/c1-4-31-27-59(45-39(31)23-35(25-51-45)58-18-13-43(61)52-47(58)63)34-11-16-55(17-12-34)29-48(49)14-19-56(20-15-48)46(62)32-9-10-37(30(2)21-32)33-22-36(64-3)28-57(26-33)41-24-40(53-54-44(41)50)38-7-5-6-8-42(38)60/h5-10,21,23-25,27,33-34,36,60H,4,11-20,22,26,28-29H2,1-3H3,(H2,50,54)(H,52,61,63)/t33-,36+/m0/s1. The number of anilines is 3. The predicted molar refractivity (Wildman–Crippen MR) is 243 cm³/mol. The number of phenols is 1. The molecule has 0 radical (unpaired) electrons. The molecule has 0 unspecified atom stereocenters. The Hall–Kier alpha value is -6.13. The molecule has 0 aliphatic carbocycles. The number of likely N-dealkylation sites (tertiary alicyclic amines) is 2. The Morgan fingerprint density at radius 2 is 1.80 bits per heavy atom. The lowest BCUT2D eigenvalue weighted by Gasteiger charge is -2.41. The number of nitrogens with one attached hydrogen (secondary N) is 1. The van der Waals surface area contributed by atoms with E-state index in [-0.39, 0.29) is 42.0 Å². The molecule has 4 N–H and O–H groups in total. The number of halogens is 1. The zero-order valence-corrected chi connectivity index (χ0v) is 36.8. The lowest BCUT2D eigenvalue weighted by atomic mass is 9.85. The molecule has 4 aliphatic rings. The molecule has 16 heteroatoms. The van der Waals surface area contributed by atoms with Crippen molar-refractivity contribution in [3.63, 3.8) is 0 Å². The number of benzene rings is 2. The van der Waals surface area contributed by atoms with Crippen molar-refractivity contribution in [3.05, 3.63) is 89.2 Å². The van der Waals surface area contributed by atoms with E-state index in [9.17, 15) is 19.5 Å². The molecule has 7 heterocycles. The van der Waals surface area contributed by atoms with Crippen LogP contribution in [0.5, 0.6) is 5.75 Å². The molecule has 336 valence electrons. The first kappa shape index (κ1) is 43.1. The Morgan fingerprint density at radius 1 is 1.02 bits per heavy atom. The zero-order valence-electron chi connectivity index (χ0n) is 36.8. The van der Waals surface area contributed by atoms with E-state index in [4.69, 9.17) is 15.5 Å². The summed E-state index contributed by atoms with van der Waals surface area (Å²) in [5.41, 5.74) is 12.3. The van der Waals surface area contributed by atoms with Crippen molar-refractivity contribution in [2.24, 2.45) is 0 Å². The van der Waals surface area contributed by atoms with Gasteiger partial charge in [0.1, 0.15) is 17.1 Å². The van der Waals surface area contributed by atoms with Crippen LogP contribution in [0, 0.1) is 6.92 Å². The summed E-state index contributed by atoms with van der Waals surface area (Å²) in [5.74, 6) is 0.149. The summed E-state index contributed by atoms with van der Waals surface area (Å²) in [7, 11) is 1.71. The van der Waals surface area contributed by atoms with E-state index in [1.807, 2.05) is 43.3 Å². The number of nitrogens with zero attached hydrogens (tertiary/aromatic N) is 8. The van der Waals surface area contributed by atoms with Gasteiger partial charge in [-0.25, -0.2) is 14.2 Å². The molecule has 64 heavy (non-hydrogen) atoms. The highest BCUT2D eigenvalue weighted by atomic mass is 19.1. The van der Waals surface area contributed by atoms with Crippen molar-refractivity contribution in [3.8, 4) is 17.0 Å². The van der Waals surface area contributed by atoms with Crippen molar-refractivity contribution >= 4 is 46.1 Å². The van der Waals surface area contributed by atoms with E-state index in [2.05, 4.69) is 43.0 Å². The van der Waals surface area contributed by atoms with Crippen LogP contribution in [0.15, 0.2) is 67.0 Å². The van der Waals surface area contributed by atoms with Gasteiger partial charge in [-0.3, -0.25) is 19.8 Å². The lowest BCUT2D eigenvalue weighted by molar-refractivity contribution is -0.120. The maximum Gasteiger partial charge on any atom is 0.328 e. The number of rotatable bonds is 10. The molecular formula is C48H57FN10O5. The fourth-order valence-electron chi connectivity index (χ4n) is 10.3. The molecule has 0 saturated carbocycles. The monoisotopic (exact) mass is 872 g/mol. The fourth-order valence-corrected chi connectivity index (χ4v) is 10.3. The van der Waals surface area contributed by atoms with Gasteiger partial charge in [-0.05, 0) is 85.7 Å². The summed E-state index contributed by atoms with van der Waals surface area (Å²) in [4.78, 5) is 50.7. The molecule has 4 saturated heterocycles. The van der Waals surface area contributed by atoms with E-state index < -0.39 is 11.7 Å². The maximum atomic E-state index is 16.5. The van der Waals surface area contributed by atoms with E-state index in [0.717, 1.165) is 72.2 Å². The van der Waals surface area contributed by atoms with Crippen LogP contribution in [0.25, 0.3) is 22.3 Å². The zero-order chi connectivity index (χ0) is 44.7. The van der Waals surface area contributed by atoms with E-state index in [0.29, 0.717) is 80.4 Å². The molecule has 3 aromatic heterocycles. The molecule has 2 atom stereocenters. The first-order valence-electron chi connectivity index (χ1n) is 22.5. The summed E-state index contributed by atoms with van der Waals surface area (Å²) in [6, 6.07) is 16.6. The first-order valence-corrected chi connectivity index (χ1v) is 22.5. The lowest BCUT2D eigenvalue weighted by Crippen LogP contribution is -2.51. The number of aromatic nitrogens is 4. The van der Waals surface area contributed by atoms with Crippen LogP contribution in [0.2, 0.25) is 0 Å². The Kier molecular flexibility index (Phi) is 12.0. The maximum absolute atomic E-state index is 16.5. The second-order valence-corrected chi connectivity index (χ2v) is 18.0. The Morgan fingerprint density at radius 3 is 2.52 bits per heavy atom. The topological polar surface area (TPSA) is 175 Å². The largest absolute Gasteiger partial charge is 0.507 e. The molecule has 9 rings (SSSR count). The van der Waals surface area contributed by atoms with Gasteiger partial charge in [0.2, 0.25) is 5.91 Å². The van der Waals surface area contributed by atoms with Gasteiger partial charge in [0.15, 0.2) is 5.82 Å². The molecule has 4 amide bonds. The smallest absolute Gasteiger partial charge is 0.328 e. The Labute approximate surface area is 372 Å². The van der Waals surface area contributed by atoms with Crippen molar-refractivity contribution in [1.82, 2.24) is 34.9 Å². The molecule has 0 spiro atoms. The highest BCUT2D eigenvalue weighted by Gasteiger charge is 2.39. The van der Waals surface area contributed by atoms with Crippen LogP contribution >= 0.6 is 0 Å². The number of imide groups is 1. The van der Waals surface area contributed by atoms with Gasteiger partial charge in [0, 0.05) is 113 Å². The van der Waals surface area contributed by atoms with Gasteiger partial charge in [-0.15, -0.1) is 10.2 Å². The number of hydrogen-bond donors (Lipinski definition) is 3. The van der Waals surface area contributed by atoms with Crippen LogP contribution in [-0.4, -0.2) is 124 Å². The van der Waals surface area contributed by atoms with Gasteiger partial charge < -0.3 is 34.8 Å². The number of urea groups is 1. The van der Waals surface area contributed by atoms with Crippen molar-refractivity contribution in [2.45, 2.75) is 82.5 Å². The summed E-state index contributed by atoms with van der Waals surface area (Å²) in [5, 5.41) is 22.4. The number of phenolic OH excluding ortho intramolecular Hbond substituents is 1. The van der Waals surface area contributed by atoms with Gasteiger partial charge in [0.25, 0.3) is 5.91 Å². The number of amides is 4. The number of pyridine rings is 1. The van der Waals surface area contributed by atoms with Gasteiger partial charge in [0.05, 0.1) is 29.4 Å². The van der Waals surface area contributed by atoms with Crippen molar-refractivity contribution in [2.75, 3.05) is 75.0 Å². The van der Waals surface area contributed by atoms with E-state index in [1.165, 1.54) is 0 Å². The predicted octanol–water partition coefficient (Wildman–Crippen LogP) is 6.39. The summed E-state index contributed by atoms with van der Waals surface area (Å²) in [6.07, 6.45) is 7.99. The molecular weight excluding hydrogens is 816 g/mol. The number of nitrogen functional groups attached to an aromatic ring is 1. The van der Waals surface area contributed by atoms with Crippen molar-refractivity contribution in [1.29, 1.82) is 0 Å². The van der Waals surface area contributed by atoms with Gasteiger partial charge >= 0.3 is 6.03 Å².